The first-order valence-corrected chi connectivity index (χ1v) is 8.94. The van der Waals surface area contributed by atoms with Gasteiger partial charge >= 0.3 is 0 Å². The molecule has 2 heterocycles. The van der Waals surface area contributed by atoms with E-state index in [9.17, 15) is 8.78 Å². The predicted octanol–water partition coefficient (Wildman–Crippen LogP) is 3.15. The highest BCUT2D eigenvalue weighted by molar-refractivity contribution is 8.15. The first-order valence-electron chi connectivity index (χ1n) is 8.12. The number of alkyl halides is 2. The van der Waals surface area contributed by atoms with Gasteiger partial charge in [0.1, 0.15) is 6.10 Å². The molecule has 6 heteroatoms. The normalized spacial score (nSPS) is 48.3. The van der Waals surface area contributed by atoms with Crippen LogP contribution in [0.3, 0.4) is 0 Å². The molecular weight excluding hydrogens is 294 g/mol. The van der Waals surface area contributed by atoms with Crippen LogP contribution in [0.15, 0.2) is 4.99 Å². The van der Waals surface area contributed by atoms with Crippen LogP contribution in [0.1, 0.15) is 44.9 Å². The van der Waals surface area contributed by atoms with Crippen molar-refractivity contribution in [2.75, 3.05) is 0 Å². The fourth-order valence-electron chi connectivity index (χ4n) is 4.95. The van der Waals surface area contributed by atoms with Gasteiger partial charge in [-0.15, -0.1) is 0 Å². The van der Waals surface area contributed by atoms with E-state index in [1.54, 1.807) is 0 Å². The second-order valence-corrected chi connectivity index (χ2v) is 8.80. The number of halogens is 2. The Kier molecular flexibility index (Phi) is 2.58. The Balaban J connectivity index is 1.30. The van der Waals surface area contributed by atoms with Gasteiger partial charge in [0.25, 0.3) is 5.92 Å². The molecule has 0 aromatic heterocycles. The number of thioether (sulfide) groups is 1. The number of fused-ring (bicyclic) bond motifs is 4. The summed E-state index contributed by atoms with van der Waals surface area (Å²) < 4.78 is 33.2. The summed E-state index contributed by atoms with van der Waals surface area (Å²) in [5.74, 6) is -2.73. The maximum absolute atomic E-state index is 13.6. The van der Waals surface area contributed by atoms with Gasteiger partial charge in [0.05, 0.1) is 4.75 Å². The van der Waals surface area contributed by atoms with Crippen molar-refractivity contribution >= 4 is 16.9 Å². The highest BCUT2D eigenvalue weighted by Gasteiger charge is 2.61. The minimum absolute atomic E-state index is 0.0341. The lowest BCUT2D eigenvalue weighted by Gasteiger charge is -2.33. The molecule has 2 aliphatic heterocycles. The maximum atomic E-state index is 13.6. The number of nitrogens with one attached hydrogen (secondary N) is 1. The van der Waals surface area contributed by atoms with Crippen molar-refractivity contribution in [1.29, 1.82) is 0 Å². The number of ether oxygens (including phenoxy) is 1. The predicted molar refractivity (Wildman–Crippen MR) is 77.6 cm³/mol. The lowest BCUT2D eigenvalue weighted by molar-refractivity contribution is -0.0554. The van der Waals surface area contributed by atoms with Crippen molar-refractivity contribution in [3.05, 3.63) is 0 Å². The molecule has 3 nitrogen and oxygen atoms in total. The van der Waals surface area contributed by atoms with Crippen LogP contribution in [0.4, 0.5) is 8.78 Å². The monoisotopic (exact) mass is 314 g/mol. The summed E-state index contributed by atoms with van der Waals surface area (Å²) in [5.41, 5.74) is 0. The SMILES string of the molecule is FC1(F)CC2CC1CC2NC1=NC2OC2C2(CCCC2)S1. The number of nitrogens with zero attached hydrogens (tertiary/aromatic N) is 1. The van der Waals surface area contributed by atoms with E-state index in [4.69, 9.17) is 4.74 Å². The van der Waals surface area contributed by atoms with Gasteiger partial charge in [-0.05, 0) is 31.6 Å². The van der Waals surface area contributed by atoms with Gasteiger partial charge in [-0.25, -0.2) is 13.8 Å². The summed E-state index contributed by atoms with van der Waals surface area (Å²) in [6.45, 7) is 0. The van der Waals surface area contributed by atoms with Gasteiger partial charge in [0.2, 0.25) is 0 Å². The molecule has 5 atom stereocenters. The zero-order chi connectivity index (χ0) is 14.2. The first-order chi connectivity index (χ1) is 10.1. The summed E-state index contributed by atoms with van der Waals surface area (Å²) in [6.07, 6.45) is 6.62. The van der Waals surface area contributed by atoms with E-state index in [-0.39, 0.29) is 29.4 Å². The Morgan fingerprint density at radius 1 is 1.24 bits per heavy atom. The third-order valence-electron chi connectivity index (χ3n) is 6.12. The summed E-state index contributed by atoms with van der Waals surface area (Å²) in [7, 11) is 0. The molecule has 0 amide bonds. The number of hydrogen-bond donors (Lipinski definition) is 1. The number of epoxide rings is 1. The van der Waals surface area contributed by atoms with E-state index in [0.717, 1.165) is 5.17 Å². The van der Waals surface area contributed by atoms with Gasteiger partial charge in [-0.1, -0.05) is 24.6 Å². The molecule has 21 heavy (non-hydrogen) atoms. The molecule has 0 aromatic carbocycles. The smallest absolute Gasteiger partial charge is 0.251 e. The zero-order valence-electron chi connectivity index (χ0n) is 11.9. The second-order valence-electron chi connectivity index (χ2n) is 7.40. The van der Waals surface area contributed by atoms with Gasteiger partial charge in [0, 0.05) is 18.4 Å². The van der Waals surface area contributed by atoms with Gasteiger partial charge in [0.15, 0.2) is 11.4 Å². The highest BCUT2D eigenvalue weighted by Crippen LogP contribution is 2.56. The molecule has 5 aliphatic rings. The molecule has 116 valence electrons. The minimum atomic E-state index is -2.43. The van der Waals surface area contributed by atoms with E-state index in [1.165, 1.54) is 25.7 Å². The zero-order valence-corrected chi connectivity index (χ0v) is 12.7. The molecule has 5 unspecified atom stereocenters. The quantitative estimate of drug-likeness (QED) is 0.756. The third kappa shape index (κ3) is 1.90. The van der Waals surface area contributed by atoms with Crippen molar-refractivity contribution in [3.63, 3.8) is 0 Å². The molecule has 1 spiro atoms. The lowest BCUT2D eigenvalue weighted by Crippen LogP contribution is -2.45. The molecule has 4 fully saturated rings. The second kappa shape index (κ2) is 4.13. The van der Waals surface area contributed by atoms with Crippen molar-refractivity contribution in [2.45, 2.75) is 74.0 Å². The molecule has 0 radical (unpaired) electrons. The fourth-order valence-corrected chi connectivity index (χ4v) is 6.49. The van der Waals surface area contributed by atoms with E-state index >= 15 is 0 Å². The standard InChI is InChI=1S/C15H20F2N2OS/c16-15(17)7-8-5-9(15)6-10(8)18-13-19-12-11(20-12)14(21-13)3-1-2-4-14/h8-12H,1-7H2,(H,18,19). The molecule has 1 N–H and O–H groups in total. The van der Waals surface area contributed by atoms with E-state index in [1.807, 2.05) is 11.8 Å². The number of aliphatic imine (C=N–C) groups is 1. The summed E-state index contributed by atoms with van der Waals surface area (Å²) >= 11 is 1.83. The first kappa shape index (κ1) is 13.1. The van der Waals surface area contributed by atoms with E-state index < -0.39 is 11.8 Å². The van der Waals surface area contributed by atoms with Crippen molar-refractivity contribution in [1.82, 2.24) is 5.32 Å². The maximum Gasteiger partial charge on any atom is 0.251 e. The van der Waals surface area contributed by atoms with Gasteiger partial charge in [-0.2, -0.15) is 0 Å². The van der Waals surface area contributed by atoms with Crippen molar-refractivity contribution < 1.29 is 13.5 Å². The largest absolute Gasteiger partial charge is 0.362 e. The van der Waals surface area contributed by atoms with Crippen LogP contribution >= 0.6 is 11.8 Å². The van der Waals surface area contributed by atoms with Crippen LogP contribution in [-0.4, -0.2) is 34.2 Å². The Morgan fingerprint density at radius 3 is 2.71 bits per heavy atom. The minimum Gasteiger partial charge on any atom is -0.362 e. The highest BCUT2D eigenvalue weighted by atomic mass is 32.2. The molecule has 2 bridgehead atoms. The van der Waals surface area contributed by atoms with Crippen LogP contribution in [0.25, 0.3) is 0 Å². The third-order valence-corrected chi connectivity index (χ3v) is 7.58. The molecule has 1 saturated heterocycles. The topological polar surface area (TPSA) is 36.9 Å². The van der Waals surface area contributed by atoms with Crippen molar-refractivity contribution in [3.8, 4) is 0 Å². The Morgan fingerprint density at radius 2 is 2.05 bits per heavy atom. The Bertz CT molecular complexity index is 506. The summed E-state index contributed by atoms with van der Waals surface area (Å²) in [6, 6.07) is 0.189. The number of rotatable bonds is 1. The van der Waals surface area contributed by atoms with Crippen LogP contribution in [-0.2, 0) is 4.74 Å². The Labute approximate surface area is 127 Å². The summed E-state index contributed by atoms with van der Waals surface area (Å²) in [4.78, 5) is 4.62. The van der Waals surface area contributed by atoms with Gasteiger partial charge in [-0.3, -0.25) is 0 Å². The van der Waals surface area contributed by atoms with Crippen LogP contribution in [0.5, 0.6) is 0 Å². The summed E-state index contributed by atoms with van der Waals surface area (Å²) in [5, 5.41) is 4.45. The molecule has 5 rings (SSSR count). The molecular formula is C15H20F2N2OS. The van der Waals surface area contributed by atoms with E-state index in [2.05, 4.69) is 10.3 Å². The average molecular weight is 314 g/mol. The average Bonchev–Trinajstić information content (AvgIpc) is 2.76. The lowest BCUT2D eigenvalue weighted by atomic mass is 9.92. The molecule has 0 aromatic rings. The number of amidine groups is 1. The Hall–Kier alpha value is -0.360. The van der Waals surface area contributed by atoms with Crippen molar-refractivity contribution in [2.24, 2.45) is 16.8 Å². The fraction of sp³-hybridized carbons (Fsp3) is 0.933. The number of hydrogen-bond acceptors (Lipinski definition) is 4. The van der Waals surface area contributed by atoms with Crippen LogP contribution < -0.4 is 5.32 Å². The van der Waals surface area contributed by atoms with Crippen LogP contribution in [0.2, 0.25) is 0 Å². The van der Waals surface area contributed by atoms with Crippen LogP contribution in [0, 0.1) is 11.8 Å². The molecule has 3 aliphatic carbocycles. The molecule has 3 saturated carbocycles. The van der Waals surface area contributed by atoms with Gasteiger partial charge < -0.3 is 10.1 Å². The van der Waals surface area contributed by atoms with E-state index in [0.29, 0.717) is 18.9 Å².